The lowest BCUT2D eigenvalue weighted by Crippen LogP contribution is -2.00. The minimum absolute atomic E-state index is 0.606. The minimum atomic E-state index is 0.606. The van der Waals surface area contributed by atoms with Gasteiger partial charge in [0.05, 0.1) is 13.7 Å². The molecule has 0 heterocycles. The molecule has 2 nitrogen and oxygen atoms in total. The largest absolute Gasteiger partial charge is 0.496 e. The van der Waals surface area contributed by atoms with Gasteiger partial charge in [-0.05, 0) is 30.5 Å². The summed E-state index contributed by atoms with van der Waals surface area (Å²) in [7, 11) is 1.68. The van der Waals surface area contributed by atoms with Crippen molar-refractivity contribution in [3.05, 3.63) is 28.2 Å². The average Bonchev–Trinajstić information content (AvgIpc) is 2.24. The van der Waals surface area contributed by atoms with E-state index in [9.17, 15) is 0 Å². The second-order valence-electron chi connectivity index (χ2n) is 4.19. The quantitative estimate of drug-likeness (QED) is 0.736. The van der Waals surface area contributed by atoms with Gasteiger partial charge in [-0.1, -0.05) is 29.8 Å². The molecule has 0 radical (unpaired) electrons. The lowest BCUT2D eigenvalue weighted by atomic mass is 10.1. The Morgan fingerprint density at radius 2 is 2.06 bits per heavy atom. The molecule has 0 saturated carbocycles. The van der Waals surface area contributed by atoms with Crippen LogP contribution in [0.3, 0.4) is 0 Å². The molecule has 0 aromatic heterocycles. The summed E-state index contributed by atoms with van der Waals surface area (Å²) in [4.78, 5) is 0. The van der Waals surface area contributed by atoms with E-state index in [2.05, 4.69) is 29.8 Å². The van der Waals surface area contributed by atoms with E-state index < -0.39 is 0 Å². The number of ether oxygens (including phenoxy) is 2. The number of benzene rings is 1. The minimum Gasteiger partial charge on any atom is -0.496 e. The maximum atomic E-state index is 5.63. The van der Waals surface area contributed by atoms with Crippen LogP contribution in [0.1, 0.15) is 25.8 Å². The molecule has 1 aromatic rings. The van der Waals surface area contributed by atoms with Crippen LogP contribution in [-0.2, 0) is 11.3 Å². The van der Waals surface area contributed by atoms with Crippen LogP contribution in [-0.4, -0.2) is 13.7 Å². The molecule has 0 aliphatic heterocycles. The fourth-order valence-corrected chi connectivity index (χ4v) is 1.77. The van der Waals surface area contributed by atoms with Gasteiger partial charge in [-0.3, -0.25) is 0 Å². The smallest absolute Gasteiger partial charge is 0.124 e. The summed E-state index contributed by atoms with van der Waals surface area (Å²) in [5.74, 6) is 1.57. The first-order valence-electron chi connectivity index (χ1n) is 5.53. The van der Waals surface area contributed by atoms with E-state index in [1.54, 1.807) is 7.11 Å². The fourth-order valence-electron chi connectivity index (χ4n) is 1.36. The van der Waals surface area contributed by atoms with Crippen molar-refractivity contribution >= 4 is 15.9 Å². The van der Waals surface area contributed by atoms with Crippen molar-refractivity contribution in [1.29, 1.82) is 0 Å². The van der Waals surface area contributed by atoms with Crippen LogP contribution in [0.2, 0.25) is 0 Å². The normalized spacial score (nSPS) is 10.8. The van der Waals surface area contributed by atoms with E-state index in [0.717, 1.165) is 28.8 Å². The average molecular weight is 287 g/mol. The summed E-state index contributed by atoms with van der Waals surface area (Å²) in [6.45, 7) is 5.80. The fraction of sp³-hybridized carbons (Fsp3) is 0.538. The third-order valence-corrected chi connectivity index (χ3v) is 2.83. The molecule has 0 N–H and O–H groups in total. The van der Waals surface area contributed by atoms with E-state index in [0.29, 0.717) is 12.5 Å². The van der Waals surface area contributed by atoms with Gasteiger partial charge in [-0.2, -0.15) is 0 Å². The first-order valence-corrected chi connectivity index (χ1v) is 6.33. The van der Waals surface area contributed by atoms with Gasteiger partial charge in [0, 0.05) is 16.6 Å². The van der Waals surface area contributed by atoms with Crippen molar-refractivity contribution < 1.29 is 9.47 Å². The van der Waals surface area contributed by atoms with Gasteiger partial charge in [0.25, 0.3) is 0 Å². The number of rotatable bonds is 6. The number of methoxy groups -OCH3 is 1. The van der Waals surface area contributed by atoms with Crippen LogP contribution >= 0.6 is 15.9 Å². The highest BCUT2D eigenvalue weighted by Crippen LogP contribution is 2.23. The van der Waals surface area contributed by atoms with Crippen molar-refractivity contribution in [2.45, 2.75) is 26.9 Å². The predicted molar refractivity (Wildman–Crippen MR) is 69.8 cm³/mol. The summed E-state index contributed by atoms with van der Waals surface area (Å²) in [6, 6.07) is 5.95. The highest BCUT2D eigenvalue weighted by Gasteiger charge is 2.04. The van der Waals surface area contributed by atoms with Crippen LogP contribution < -0.4 is 4.74 Å². The highest BCUT2D eigenvalue weighted by molar-refractivity contribution is 9.10. The Morgan fingerprint density at radius 3 is 2.69 bits per heavy atom. The standard InChI is InChI=1S/C13H19BrO2/c1-10(2)6-7-16-9-11-8-12(14)4-5-13(11)15-3/h4-5,8,10H,6-7,9H2,1-3H3. The van der Waals surface area contributed by atoms with Gasteiger partial charge in [-0.25, -0.2) is 0 Å². The molecule has 1 aromatic carbocycles. The zero-order valence-corrected chi connectivity index (χ0v) is 11.7. The predicted octanol–water partition coefficient (Wildman–Crippen LogP) is 4.02. The summed E-state index contributed by atoms with van der Waals surface area (Å²) >= 11 is 3.45. The molecule has 0 aliphatic rings. The maximum absolute atomic E-state index is 5.63. The number of hydrogen-bond acceptors (Lipinski definition) is 2. The van der Waals surface area contributed by atoms with E-state index >= 15 is 0 Å². The van der Waals surface area contributed by atoms with Gasteiger partial charge in [-0.15, -0.1) is 0 Å². The molecule has 0 spiro atoms. The molecule has 0 amide bonds. The molecule has 0 bridgehead atoms. The Bertz CT molecular complexity index is 324. The van der Waals surface area contributed by atoms with E-state index in [1.165, 1.54) is 0 Å². The van der Waals surface area contributed by atoms with Crippen LogP contribution in [0, 0.1) is 5.92 Å². The molecule has 0 saturated heterocycles. The highest BCUT2D eigenvalue weighted by atomic mass is 79.9. The Kier molecular flexibility index (Phi) is 5.85. The summed E-state index contributed by atoms with van der Waals surface area (Å²) < 4.78 is 12.0. The molecule has 0 fully saturated rings. The van der Waals surface area contributed by atoms with Gasteiger partial charge in [0.2, 0.25) is 0 Å². The zero-order valence-electron chi connectivity index (χ0n) is 10.1. The lowest BCUT2D eigenvalue weighted by Gasteiger charge is -2.10. The van der Waals surface area contributed by atoms with Crippen LogP contribution in [0.4, 0.5) is 0 Å². The van der Waals surface area contributed by atoms with Crippen LogP contribution in [0.5, 0.6) is 5.75 Å². The molecule has 0 unspecified atom stereocenters. The monoisotopic (exact) mass is 286 g/mol. The second-order valence-corrected chi connectivity index (χ2v) is 5.11. The Hall–Kier alpha value is -0.540. The molecule has 90 valence electrons. The first kappa shape index (κ1) is 13.5. The molecular formula is C13H19BrO2. The molecule has 1 rings (SSSR count). The van der Waals surface area contributed by atoms with Gasteiger partial charge in [0.15, 0.2) is 0 Å². The van der Waals surface area contributed by atoms with Crippen molar-refractivity contribution in [2.75, 3.05) is 13.7 Å². The van der Waals surface area contributed by atoms with Gasteiger partial charge in [0.1, 0.15) is 5.75 Å². The van der Waals surface area contributed by atoms with Crippen LogP contribution in [0.25, 0.3) is 0 Å². The van der Waals surface area contributed by atoms with Crippen molar-refractivity contribution in [3.63, 3.8) is 0 Å². The molecule has 3 heteroatoms. The molecule has 0 atom stereocenters. The van der Waals surface area contributed by atoms with E-state index in [1.807, 2.05) is 18.2 Å². The van der Waals surface area contributed by atoms with E-state index in [4.69, 9.17) is 9.47 Å². The van der Waals surface area contributed by atoms with Gasteiger partial charge >= 0.3 is 0 Å². The van der Waals surface area contributed by atoms with Crippen molar-refractivity contribution in [3.8, 4) is 5.75 Å². The topological polar surface area (TPSA) is 18.5 Å². The third-order valence-electron chi connectivity index (χ3n) is 2.34. The third kappa shape index (κ3) is 4.54. The SMILES string of the molecule is COc1ccc(Br)cc1COCCC(C)C. The maximum Gasteiger partial charge on any atom is 0.124 e. The summed E-state index contributed by atoms with van der Waals surface area (Å²) in [6.07, 6.45) is 1.09. The van der Waals surface area contributed by atoms with Crippen LogP contribution in [0.15, 0.2) is 22.7 Å². The Labute approximate surface area is 106 Å². The zero-order chi connectivity index (χ0) is 12.0. The Morgan fingerprint density at radius 1 is 1.31 bits per heavy atom. The number of halogens is 1. The van der Waals surface area contributed by atoms with E-state index in [-0.39, 0.29) is 0 Å². The number of hydrogen-bond donors (Lipinski definition) is 0. The molecular weight excluding hydrogens is 268 g/mol. The molecule has 16 heavy (non-hydrogen) atoms. The second kappa shape index (κ2) is 6.92. The first-order chi connectivity index (χ1) is 7.63. The summed E-state index contributed by atoms with van der Waals surface area (Å²) in [5, 5.41) is 0. The summed E-state index contributed by atoms with van der Waals surface area (Å²) in [5.41, 5.74) is 1.08. The van der Waals surface area contributed by atoms with Crippen molar-refractivity contribution in [1.82, 2.24) is 0 Å². The molecule has 0 aliphatic carbocycles. The Balaban J connectivity index is 2.48. The van der Waals surface area contributed by atoms with Gasteiger partial charge < -0.3 is 9.47 Å². The lowest BCUT2D eigenvalue weighted by molar-refractivity contribution is 0.109. The van der Waals surface area contributed by atoms with Crippen molar-refractivity contribution in [2.24, 2.45) is 5.92 Å².